The van der Waals surface area contributed by atoms with Crippen LogP contribution in [0.3, 0.4) is 0 Å². The zero-order chi connectivity index (χ0) is 19.8. The van der Waals surface area contributed by atoms with E-state index >= 15 is 0 Å². The zero-order valence-corrected chi connectivity index (χ0v) is 16.8. The summed E-state index contributed by atoms with van der Waals surface area (Å²) in [5, 5.41) is 11.3. The highest BCUT2D eigenvalue weighted by Gasteiger charge is 2.18. The number of fused-ring (bicyclic) bond motifs is 3. The highest BCUT2D eigenvalue weighted by atomic mass is 32.2. The van der Waals surface area contributed by atoms with E-state index in [9.17, 15) is 9.18 Å². The molecule has 8 heteroatoms. The van der Waals surface area contributed by atoms with Crippen LogP contribution in [0.4, 0.5) is 4.39 Å². The van der Waals surface area contributed by atoms with Crippen LogP contribution in [0.1, 0.15) is 11.1 Å². The van der Waals surface area contributed by atoms with E-state index in [1.165, 1.54) is 35.2 Å². The number of rotatable bonds is 5. The van der Waals surface area contributed by atoms with E-state index < -0.39 is 0 Å². The Kier molecular flexibility index (Phi) is 4.65. The maximum Gasteiger partial charge on any atom is 0.273 e. The van der Waals surface area contributed by atoms with Gasteiger partial charge < -0.3 is 0 Å². The fourth-order valence-electron chi connectivity index (χ4n) is 3.23. The molecule has 0 radical (unpaired) electrons. The minimum absolute atomic E-state index is 0.0613. The Hall–Kier alpha value is -2.97. The van der Waals surface area contributed by atoms with Gasteiger partial charge in [0.1, 0.15) is 10.5 Å². The summed E-state index contributed by atoms with van der Waals surface area (Å²) in [5.41, 5.74) is 2.77. The summed E-state index contributed by atoms with van der Waals surface area (Å²) in [4.78, 5) is 13.1. The molecule has 3 heterocycles. The molecule has 0 saturated carbocycles. The largest absolute Gasteiger partial charge is 0.273 e. The Morgan fingerprint density at radius 3 is 2.55 bits per heavy atom. The standard InChI is InChI=1S/C21H15FN4OS2/c22-16-8-6-15(7-9-16)13-29-21-24-23-20-25(12-14-4-2-1-3-5-14)19(27)18-17(26(20)21)10-11-28-18/h1-11H,12-13H2. The number of aromatic nitrogens is 4. The molecule has 0 aliphatic carbocycles. The predicted molar refractivity (Wildman–Crippen MR) is 114 cm³/mol. The van der Waals surface area contributed by atoms with E-state index in [1.807, 2.05) is 46.2 Å². The van der Waals surface area contributed by atoms with Gasteiger partial charge >= 0.3 is 0 Å². The number of halogens is 1. The van der Waals surface area contributed by atoms with Crippen molar-refractivity contribution in [2.45, 2.75) is 17.5 Å². The predicted octanol–water partition coefficient (Wildman–Crippen LogP) is 4.59. The van der Waals surface area contributed by atoms with Crippen molar-refractivity contribution in [3.05, 3.63) is 93.3 Å². The Balaban J connectivity index is 1.60. The van der Waals surface area contributed by atoms with Crippen LogP contribution in [-0.2, 0) is 12.3 Å². The molecule has 0 spiro atoms. The number of hydrogen-bond acceptors (Lipinski definition) is 5. The third kappa shape index (κ3) is 3.34. The fraction of sp³-hybridized carbons (Fsp3) is 0.0952. The van der Waals surface area contributed by atoms with Gasteiger partial charge in [0.15, 0.2) is 5.16 Å². The van der Waals surface area contributed by atoms with Crippen LogP contribution in [0.15, 0.2) is 76.0 Å². The van der Waals surface area contributed by atoms with E-state index in [-0.39, 0.29) is 11.4 Å². The summed E-state index contributed by atoms with van der Waals surface area (Å²) < 4.78 is 17.4. The van der Waals surface area contributed by atoms with Crippen molar-refractivity contribution in [3.8, 4) is 0 Å². The first-order chi connectivity index (χ1) is 14.2. The lowest BCUT2D eigenvalue weighted by atomic mass is 10.2. The summed E-state index contributed by atoms with van der Waals surface area (Å²) >= 11 is 2.93. The molecule has 0 amide bonds. The molecule has 29 heavy (non-hydrogen) atoms. The highest BCUT2D eigenvalue weighted by Crippen LogP contribution is 2.26. The molecule has 0 atom stereocenters. The van der Waals surface area contributed by atoms with E-state index in [4.69, 9.17) is 0 Å². The monoisotopic (exact) mass is 422 g/mol. The fourth-order valence-corrected chi connectivity index (χ4v) is 4.95. The first kappa shape index (κ1) is 18.1. The van der Waals surface area contributed by atoms with Gasteiger partial charge in [-0.05, 0) is 34.7 Å². The maximum absolute atomic E-state index is 13.1. The first-order valence-electron chi connectivity index (χ1n) is 8.97. The summed E-state index contributed by atoms with van der Waals surface area (Å²) in [6.45, 7) is 0.428. The lowest BCUT2D eigenvalue weighted by molar-refractivity contribution is 0.627. The minimum atomic E-state index is -0.253. The number of benzene rings is 2. The van der Waals surface area contributed by atoms with Crippen molar-refractivity contribution in [2.75, 3.05) is 0 Å². The van der Waals surface area contributed by atoms with Crippen molar-refractivity contribution in [1.82, 2.24) is 19.2 Å². The van der Waals surface area contributed by atoms with Crippen LogP contribution in [0, 0.1) is 5.82 Å². The van der Waals surface area contributed by atoms with Crippen molar-refractivity contribution in [1.29, 1.82) is 0 Å². The molecule has 0 saturated heterocycles. The second kappa shape index (κ2) is 7.46. The van der Waals surface area contributed by atoms with Gasteiger partial charge in [0.25, 0.3) is 5.56 Å². The quantitative estimate of drug-likeness (QED) is 0.389. The van der Waals surface area contributed by atoms with E-state index in [2.05, 4.69) is 10.2 Å². The summed E-state index contributed by atoms with van der Waals surface area (Å²) in [7, 11) is 0. The number of nitrogens with zero attached hydrogens (tertiary/aromatic N) is 4. The third-order valence-corrected chi connectivity index (χ3v) is 6.54. The van der Waals surface area contributed by atoms with Crippen molar-refractivity contribution in [3.63, 3.8) is 0 Å². The number of thiophene rings is 1. The minimum Gasteiger partial charge on any atom is -0.271 e. The lowest BCUT2D eigenvalue weighted by Crippen LogP contribution is -2.23. The second-order valence-electron chi connectivity index (χ2n) is 6.54. The van der Waals surface area contributed by atoms with Gasteiger partial charge in [0, 0.05) is 5.75 Å². The van der Waals surface area contributed by atoms with Gasteiger partial charge in [-0.15, -0.1) is 21.5 Å². The summed E-state index contributed by atoms with van der Waals surface area (Å²) in [6, 6.07) is 18.2. The Morgan fingerprint density at radius 1 is 0.966 bits per heavy atom. The van der Waals surface area contributed by atoms with Crippen molar-refractivity contribution in [2.24, 2.45) is 0 Å². The molecule has 3 aromatic heterocycles. The molecule has 0 aliphatic rings. The molecule has 0 N–H and O–H groups in total. The van der Waals surface area contributed by atoms with Crippen LogP contribution in [0.2, 0.25) is 0 Å². The Morgan fingerprint density at radius 2 is 1.76 bits per heavy atom. The molecular formula is C21H15FN4OS2. The molecule has 5 aromatic rings. The second-order valence-corrected chi connectivity index (χ2v) is 8.40. The van der Waals surface area contributed by atoms with Gasteiger partial charge in [-0.1, -0.05) is 54.2 Å². The molecule has 144 valence electrons. The van der Waals surface area contributed by atoms with Gasteiger partial charge in [0.2, 0.25) is 5.78 Å². The van der Waals surface area contributed by atoms with Gasteiger partial charge in [0.05, 0.1) is 12.1 Å². The molecule has 0 bridgehead atoms. The first-order valence-corrected chi connectivity index (χ1v) is 10.8. The SMILES string of the molecule is O=c1c2sccc2n2c(SCc3ccc(F)cc3)nnc2n1Cc1ccccc1. The van der Waals surface area contributed by atoms with Crippen LogP contribution in [0.5, 0.6) is 0 Å². The average molecular weight is 423 g/mol. The van der Waals surface area contributed by atoms with Crippen LogP contribution in [-0.4, -0.2) is 19.2 Å². The van der Waals surface area contributed by atoms with Crippen LogP contribution < -0.4 is 5.56 Å². The Labute approximate surface area is 173 Å². The van der Waals surface area contributed by atoms with Crippen molar-refractivity contribution < 1.29 is 4.39 Å². The summed E-state index contributed by atoms with van der Waals surface area (Å²) in [6.07, 6.45) is 0. The van der Waals surface area contributed by atoms with E-state index in [0.717, 1.165) is 16.6 Å². The van der Waals surface area contributed by atoms with Crippen LogP contribution in [0.25, 0.3) is 16.0 Å². The lowest BCUT2D eigenvalue weighted by Gasteiger charge is -2.09. The van der Waals surface area contributed by atoms with Crippen LogP contribution >= 0.6 is 23.1 Å². The van der Waals surface area contributed by atoms with Gasteiger partial charge in [-0.3, -0.25) is 13.8 Å². The van der Waals surface area contributed by atoms with Gasteiger partial charge in [-0.25, -0.2) is 4.39 Å². The molecule has 0 aliphatic heterocycles. The molecule has 2 aromatic carbocycles. The molecule has 5 nitrogen and oxygen atoms in total. The molecule has 5 rings (SSSR count). The zero-order valence-electron chi connectivity index (χ0n) is 15.2. The maximum atomic E-state index is 13.1. The molecular weight excluding hydrogens is 407 g/mol. The Bertz CT molecular complexity index is 1360. The molecule has 0 unspecified atom stereocenters. The summed E-state index contributed by atoms with van der Waals surface area (Å²) in [5.74, 6) is 0.896. The number of hydrogen-bond donors (Lipinski definition) is 0. The van der Waals surface area contributed by atoms with E-state index in [0.29, 0.717) is 27.9 Å². The topological polar surface area (TPSA) is 52.2 Å². The molecule has 0 fully saturated rings. The number of thioether (sulfide) groups is 1. The normalized spacial score (nSPS) is 11.5. The van der Waals surface area contributed by atoms with Crippen molar-refractivity contribution >= 4 is 39.1 Å². The third-order valence-electron chi connectivity index (χ3n) is 4.65. The smallest absolute Gasteiger partial charge is 0.271 e. The van der Waals surface area contributed by atoms with Gasteiger partial charge in [-0.2, -0.15) is 0 Å². The van der Waals surface area contributed by atoms with E-state index in [1.54, 1.807) is 16.7 Å². The highest BCUT2D eigenvalue weighted by molar-refractivity contribution is 7.98. The average Bonchev–Trinajstić information content (AvgIpc) is 3.38.